The molecule has 0 unspecified atom stereocenters. The summed E-state index contributed by atoms with van der Waals surface area (Å²) in [6.07, 6.45) is 1.09. The van der Waals surface area contributed by atoms with E-state index in [-0.39, 0.29) is 11.7 Å². The van der Waals surface area contributed by atoms with Crippen LogP contribution in [0.1, 0.15) is 21.7 Å². The average Bonchev–Trinajstić information content (AvgIpc) is 3.33. The van der Waals surface area contributed by atoms with Crippen molar-refractivity contribution in [1.29, 1.82) is 0 Å². The second-order valence-corrected chi connectivity index (χ2v) is 13.2. The minimum Gasteiger partial charge on any atom is -0.494 e. The van der Waals surface area contributed by atoms with Crippen LogP contribution in [0.3, 0.4) is 0 Å². The number of furan rings is 1. The number of ether oxygens (including phenoxy) is 3. The van der Waals surface area contributed by atoms with Crippen molar-refractivity contribution >= 4 is 24.9 Å². The second kappa shape index (κ2) is 8.15. The van der Waals surface area contributed by atoms with Gasteiger partial charge in [0.25, 0.3) is 11.9 Å². The molecule has 2 aromatic carbocycles. The summed E-state index contributed by atoms with van der Waals surface area (Å²) in [7, 11) is 1.74. The Morgan fingerprint density at radius 1 is 1.03 bits per heavy atom. The number of carbonyl (C=O) groups is 1. The number of hydrogen-bond acceptors (Lipinski definition) is 5. The lowest BCUT2D eigenvalue weighted by Crippen LogP contribution is -2.37. The maximum absolute atomic E-state index is 12.7. The predicted octanol–water partition coefficient (Wildman–Crippen LogP) is 5.12. The Bertz CT molecular complexity index is 1110. The van der Waals surface area contributed by atoms with Crippen LogP contribution in [0.15, 0.2) is 46.9 Å². The van der Waals surface area contributed by atoms with Crippen LogP contribution in [0.2, 0.25) is 19.1 Å². The molecule has 4 rings (SSSR count). The molecular formula is C24H27NO5Si. The molecule has 1 amide bonds. The Morgan fingerprint density at radius 3 is 2.42 bits per heavy atom. The van der Waals surface area contributed by atoms with Crippen LogP contribution in [0.4, 0.5) is 5.69 Å². The van der Waals surface area contributed by atoms with E-state index in [1.807, 2.05) is 6.92 Å². The number of fused-ring (bicyclic) bond motifs is 1. The summed E-state index contributed by atoms with van der Waals surface area (Å²) in [4.78, 5) is 12.7. The van der Waals surface area contributed by atoms with Crippen molar-refractivity contribution in [2.45, 2.75) is 32.5 Å². The average molecular weight is 438 g/mol. The Kier molecular flexibility index (Phi) is 5.53. The summed E-state index contributed by atoms with van der Waals surface area (Å²) in [5, 5.41) is 4.31. The first-order valence-corrected chi connectivity index (χ1v) is 13.5. The van der Waals surface area contributed by atoms with Crippen LogP contribution < -0.4 is 24.7 Å². The fourth-order valence-corrected chi connectivity index (χ4v) is 6.85. The maximum atomic E-state index is 12.7. The van der Waals surface area contributed by atoms with Crippen molar-refractivity contribution in [3.8, 4) is 23.2 Å². The van der Waals surface area contributed by atoms with Gasteiger partial charge in [0.1, 0.15) is 22.9 Å². The van der Waals surface area contributed by atoms with Gasteiger partial charge >= 0.3 is 0 Å². The van der Waals surface area contributed by atoms with Gasteiger partial charge in [0.2, 0.25) is 0 Å². The van der Waals surface area contributed by atoms with E-state index < -0.39 is 14.0 Å². The molecule has 0 spiro atoms. The molecule has 6 nitrogen and oxygen atoms in total. The Labute approximate surface area is 183 Å². The molecule has 1 aromatic heterocycles. The van der Waals surface area contributed by atoms with Gasteiger partial charge in [-0.3, -0.25) is 4.79 Å². The lowest BCUT2D eigenvalue weighted by molar-refractivity contribution is 0.0991. The molecule has 31 heavy (non-hydrogen) atoms. The highest BCUT2D eigenvalue weighted by Gasteiger charge is 2.32. The second-order valence-electron chi connectivity index (χ2n) is 8.37. The van der Waals surface area contributed by atoms with Crippen molar-refractivity contribution in [3.63, 3.8) is 0 Å². The van der Waals surface area contributed by atoms with Gasteiger partial charge in [-0.15, -0.1) is 0 Å². The minimum absolute atomic E-state index is 0.135. The molecule has 0 fully saturated rings. The molecule has 1 aliphatic heterocycles. The summed E-state index contributed by atoms with van der Waals surface area (Å²) < 4.78 is 22.3. The Balaban J connectivity index is 1.53. The van der Waals surface area contributed by atoms with Crippen molar-refractivity contribution in [1.82, 2.24) is 0 Å². The van der Waals surface area contributed by atoms with E-state index in [0.717, 1.165) is 17.7 Å². The van der Waals surface area contributed by atoms with Crippen LogP contribution in [0, 0.1) is 6.92 Å². The molecule has 0 radical (unpaired) electrons. The molecule has 0 saturated carbocycles. The van der Waals surface area contributed by atoms with E-state index in [1.54, 1.807) is 30.3 Å². The molecule has 0 saturated heterocycles. The van der Waals surface area contributed by atoms with Crippen LogP contribution in [0.25, 0.3) is 0 Å². The fourth-order valence-electron chi connectivity index (χ4n) is 4.01. The smallest absolute Gasteiger partial charge is 0.291 e. The largest absolute Gasteiger partial charge is 0.494 e. The molecule has 0 bridgehead atoms. The van der Waals surface area contributed by atoms with Gasteiger partial charge in [-0.25, -0.2) is 0 Å². The van der Waals surface area contributed by atoms with Crippen LogP contribution in [-0.4, -0.2) is 28.2 Å². The number of carbonyl (C=O) groups excluding carboxylic acids is 1. The lowest BCUT2D eigenvalue weighted by Gasteiger charge is -2.17. The van der Waals surface area contributed by atoms with E-state index >= 15 is 0 Å². The Hall–Kier alpha value is -3.19. The molecule has 2 heterocycles. The standard InChI is InChI=1S/C24H27NO5Si/c1-15-13-21-16(11-12-31(21,4)5)14-20(15)30-22-10-9-19(29-22)24(26)25-23-17(27-2)7-6-8-18(23)28-3/h6-10,13-14H,11-12H2,1-5H3,(H,25,26). The summed E-state index contributed by atoms with van der Waals surface area (Å²) in [6.45, 7) is 6.86. The van der Waals surface area contributed by atoms with Crippen LogP contribution in [0.5, 0.6) is 23.2 Å². The zero-order chi connectivity index (χ0) is 22.2. The monoisotopic (exact) mass is 437 g/mol. The summed E-state index contributed by atoms with van der Waals surface area (Å²) in [5.74, 6) is 1.74. The van der Waals surface area contributed by atoms with Crippen molar-refractivity contribution < 1.29 is 23.4 Å². The number of para-hydroxylation sites is 1. The van der Waals surface area contributed by atoms with E-state index in [9.17, 15) is 4.79 Å². The zero-order valence-electron chi connectivity index (χ0n) is 18.5. The number of rotatable bonds is 6. The highest BCUT2D eigenvalue weighted by Crippen LogP contribution is 2.35. The minimum atomic E-state index is -1.32. The van der Waals surface area contributed by atoms with Gasteiger partial charge in [-0.2, -0.15) is 0 Å². The maximum Gasteiger partial charge on any atom is 0.291 e. The van der Waals surface area contributed by atoms with E-state index in [0.29, 0.717) is 17.2 Å². The van der Waals surface area contributed by atoms with Gasteiger partial charge in [0, 0.05) is 6.07 Å². The molecule has 3 aromatic rings. The molecule has 0 aliphatic carbocycles. The lowest BCUT2D eigenvalue weighted by atomic mass is 10.1. The topological polar surface area (TPSA) is 69.9 Å². The number of methoxy groups -OCH3 is 2. The number of hydrogen-bond donors (Lipinski definition) is 1. The summed E-state index contributed by atoms with van der Waals surface area (Å²) >= 11 is 0. The first-order valence-electron chi connectivity index (χ1n) is 10.3. The van der Waals surface area contributed by atoms with Crippen LogP contribution in [-0.2, 0) is 6.42 Å². The van der Waals surface area contributed by atoms with Crippen molar-refractivity contribution in [3.05, 3.63) is 59.4 Å². The first-order chi connectivity index (χ1) is 14.8. The third kappa shape index (κ3) is 4.05. The number of nitrogens with one attached hydrogen (secondary N) is 1. The molecular weight excluding hydrogens is 410 g/mol. The normalized spacial score (nSPS) is 14.1. The van der Waals surface area contributed by atoms with Gasteiger partial charge in [0.05, 0.1) is 22.3 Å². The van der Waals surface area contributed by atoms with Gasteiger partial charge in [-0.1, -0.05) is 30.4 Å². The molecule has 1 aliphatic rings. The first kappa shape index (κ1) is 21.1. The van der Waals surface area contributed by atoms with E-state index in [2.05, 4.69) is 30.5 Å². The zero-order valence-corrected chi connectivity index (χ0v) is 19.5. The predicted molar refractivity (Wildman–Crippen MR) is 123 cm³/mol. The van der Waals surface area contributed by atoms with Gasteiger partial charge in [-0.05, 0) is 54.8 Å². The number of aryl methyl sites for hydroxylation is 2. The molecule has 1 N–H and O–H groups in total. The Morgan fingerprint density at radius 2 is 1.74 bits per heavy atom. The quantitative estimate of drug-likeness (QED) is 0.542. The highest BCUT2D eigenvalue weighted by atomic mass is 28.3. The van der Waals surface area contributed by atoms with E-state index in [1.165, 1.54) is 31.0 Å². The third-order valence-electron chi connectivity index (χ3n) is 5.83. The SMILES string of the molecule is COc1cccc(OC)c1NC(=O)c1ccc(Oc2cc3c(cc2C)[Si](C)(C)CC3)o1. The van der Waals surface area contributed by atoms with E-state index in [4.69, 9.17) is 18.6 Å². The molecule has 162 valence electrons. The number of amides is 1. The van der Waals surface area contributed by atoms with Crippen LogP contribution >= 0.6 is 0 Å². The van der Waals surface area contributed by atoms with Gasteiger partial charge < -0.3 is 23.9 Å². The fraction of sp³-hybridized carbons (Fsp3) is 0.292. The number of anilines is 1. The third-order valence-corrected chi connectivity index (χ3v) is 9.25. The number of benzene rings is 2. The highest BCUT2D eigenvalue weighted by molar-refractivity contribution is 6.91. The molecule has 7 heteroatoms. The van der Waals surface area contributed by atoms with Gasteiger partial charge in [0.15, 0.2) is 5.76 Å². The van der Waals surface area contributed by atoms with Crippen molar-refractivity contribution in [2.24, 2.45) is 0 Å². The summed E-state index contributed by atoms with van der Waals surface area (Å²) in [5.41, 5.74) is 2.88. The summed E-state index contributed by atoms with van der Waals surface area (Å²) in [6, 6.07) is 14.2. The van der Waals surface area contributed by atoms with Crippen molar-refractivity contribution in [2.75, 3.05) is 19.5 Å². The molecule has 0 atom stereocenters.